The van der Waals surface area contributed by atoms with Crippen LogP contribution in [-0.2, 0) is 10.4 Å². The van der Waals surface area contributed by atoms with Gasteiger partial charge in [-0.15, -0.1) is 11.6 Å². The Balaban J connectivity index is 1.78. The van der Waals surface area contributed by atoms with Gasteiger partial charge in [-0.1, -0.05) is 35.5 Å². The lowest BCUT2D eigenvalue weighted by molar-refractivity contribution is -0.276. The summed E-state index contributed by atoms with van der Waals surface area (Å²) in [5.74, 6) is -2.49. The molecule has 1 heterocycles. The minimum absolute atomic E-state index is 0.0686. The number of carbonyl (C=O) groups is 1. The predicted octanol–water partition coefficient (Wildman–Crippen LogP) is 5.67. The van der Waals surface area contributed by atoms with E-state index in [-0.39, 0.29) is 24.0 Å². The first-order chi connectivity index (χ1) is 15.7. The Labute approximate surface area is 190 Å². The molecule has 3 aromatic rings. The molecule has 4 rings (SSSR count). The number of hydrogen-bond donors (Lipinski definition) is 1. The average Bonchev–Trinajstić information content (AvgIpc) is 3.23. The number of fused-ring (bicyclic) bond motifs is 1. The van der Waals surface area contributed by atoms with E-state index in [2.05, 4.69) is 10.5 Å². The number of oxime groups is 1. The van der Waals surface area contributed by atoms with Gasteiger partial charge in [0.25, 0.3) is 11.5 Å². The number of amides is 1. The first kappa shape index (κ1) is 23.0. The Morgan fingerprint density at radius 3 is 2.36 bits per heavy atom. The van der Waals surface area contributed by atoms with Gasteiger partial charge in [0.1, 0.15) is 11.6 Å². The lowest BCUT2D eigenvalue weighted by atomic mass is 9.85. The van der Waals surface area contributed by atoms with E-state index in [1.807, 2.05) is 0 Å². The van der Waals surface area contributed by atoms with Crippen molar-refractivity contribution in [1.82, 2.24) is 5.32 Å². The summed E-state index contributed by atoms with van der Waals surface area (Å²) in [6, 6.07) is 11.2. The van der Waals surface area contributed by atoms with Crippen LogP contribution < -0.4 is 5.32 Å². The summed E-state index contributed by atoms with van der Waals surface area (Å²) in [5.41, 5.74) is -3.23. The van der Waals surface area contributed by atoms with Gasteiger partial charge in [0, 0.05) is 41.6 Å². The number of halogens is 6. The zero-order chi connectivity index (χ0) is 23.8. The molecular formula is C23H16ClF5N2O2. The summed E-state index contributed by atoms with van der Waals surface area (Å²) in [6.07, 6.45) is -5.82. The van der Waals surface area contributed by atoms with Gasteiger partial charge in [-0.25, -0.2) is 8.78 Å². The van der Waals surface area contributed by atoms with Crippen LogP contribution in [0.15, 0.2) is 59.8 Å². The average molecular weight is 483 g/mol. The summed E-state index contributed by atoms with van der Waals surface area (Å²) in [7, 11) is 0. The normalized spacial score (nSPS) is 18.2. The van der Waals surface area contributed by atoms with Crippen LogP contribution in [0.1, 0.15) is 27.9 Å². The van der Waals surface area contributed by atoms with Crippen molar-refractivity contribution in [3.63, 3.8) is 0 Å². The van der Waals surface area contributed by atoms with Crippen molar-refractivity contribution in [3.8, 4) is 0 Å². The Bertz CT molecular complexity index is 1240. The Hall–Kier alpha value is -3.20. The van der Waals surface area contributed by atoms with Crippen molar-refractivity contribution in [3.05, 3.63) is 82.9 Å². The second kappa shape index (κ2) is 8.62. The number of carbonyl (C=O) groups excluding carboxylic acids is 1. The van der Waals surface area contributed by atoms with Crippen LogP contribution in [0, 0.1) is 11.6 Å². The number of benzene rings is 3. The largest absolute Gasteiger partial charge is 0.435 e. The molecule has 0 spiro atoms. The highest BCUT2D eigenvalue weighted by molar-refractivity contribution is 6.18. The molecule has 1 aliphatic heterocycles. The molecule has 0 bridgehead atoms. The van der Waals surface area contributed by atoms with E-state index in [4.69, 9.17) is 16.4 Å². The molecule has 0 aliphatic carbocycles. The smallest absolute Gasteiger partial charge is 0.374 e. The summed E-state index contributed by atoms with van der Waals surface area (Å²) >= 11 is 5.61. The number of hydrogen-bond acceptors (Lipinski definition) is 3. The van der Waals surface area contributed by atoms with Crippen LogP contribution in [0.25, 0.3) is 10.8 Å². The lowest BCUT2D eigenvalue weighted by Gasteiger charge is -2.29. The molecule has 1 unspecified atom stereocenters. The molecule has 1 aliphatic rings. The highest BCUT2D eigenvalue weighted by Gasteiger charge is 2.62. The summed E-state index contributed by atoms with van der Waals surface area (Å²) in [4.78, 5) is 17.4. The molecule has 0 fully saturated rings. The maximum Gasteiger partial charge on any atom is 0.435 e. The van der Waals surface area contributed by atoms with Crippen LogP contribution >= 0.6 is 11.6 Å². The fourth-order valence-corrected chi connectivity index (χ4v) is 3.93. The maximum absolute atomic E-state index is 14.1. The van der Waals surface area contributed by atoms with Gasteiger partial charge in [-0.05, 0) is 29.0 Å². The van der Waals surface area contributed by atoms with E-state index in [0.29, 0.717) is 40.1 Å². The molecule has 1 atom stereocenters. The van der Waals surface area contributed by atoms with E-state index in [1.165, 1.54) is 12.1 Å². The second-order valence-electron chi connectivity index (χ2n) is 7.44. The van der Waals surface area contributed by atoms with Crippen LogP contribution in [0.5, 0.6) is 0 Å². The molecule has 0 radical (unpaired) electrons. The first-order valence-electron chi connectivity index (χ1n) is 9.81. The van der Waals surface area contributed by atoms with Gasteiger partial charge in [0.05, 0.1) is 5.71 Å². The Morgan fingerprint density at radius 2 is 1.73 bits per heavy atom. The zero-order valence-corrected chi connectivity index (χ0v) is 17.6. The molecule has 1 N–H and O–H groups in total. The fourth-order valence-electron chi connectivity index (χ4n) is 3.84. The molecule has 172 valence electrons. The van der Waals surface area contributed by atoms with Crippen molar-refractivity contribution >= 4 is 34.0 Å². The highest BCUT2D eigenvalue weighted by atomic mass is 35.5. The number of alkyl halides is 4. The molecule has 0 aromatic heterocycles. The van der Waals surface area contributed by atoms with Crippen LogP contribution in [0.2, 0.25) is 0 Å². The Kier molecular flexibility index (Phi) is 6.00. The van der Waals surface area contributed by atoms with Crippen molar-refractivity contribution in [2.45, 2.75) is 18.2 Å². The molecule has 4 nitrogen and oxygen atoms in total. The summed E-state index contributed by atoms with van der Waals surface area (Å²) in [5, 5.41) is 7.28. The van der Waals surface area contributed by atoms with E-state index < -0.39 is 35.4 Å². The highest BCUT2D eigenvalue weighted by Crippen LogP contribution is 2.49. The first-order valence-corrected chi connectivity index (χ1v) is 10.3. The second-order valence-corrected chi connectivity index (χ2v) is 7.82. The van der Waals surface area contributed by atoms with Crippen LogP contribution in [0.4, 0.5) is 22.0 Å². The topological polar surface area (TPSA) is 50.7 Å². The summed E-state index contributed by atoms with van der Waals surface area (Å²) < 4.78 is 69.9. The van der Waals surface area contributed by atoms with Gasteiger partial charge >= 0.3 is 6.18 Å². The number of nitrogens with one attached hydrogen (secondary N) is 1. The van der Waals surface area contributed by atoms with E-state index >= 15 is 0 Å². The zero-order valence-electron chi connectivity index (χ0n) is 16.8. The van der Waals surface area contributed by atoms with E-state index in [9.17, 15) is 26.7 Å². The minimum atomic E-state index is -5.02. The molecular weight excluding hydrogens is 467 g/mol. The lowest BCUT2D eigenvalue weighted by Crippen LogP contribution is -2.42. The minimum Gasteiger partial charge on any atom is -0.374 e. The van der Waals surface area contributed by atoms with Crippen molar-refractivity contribution in [1.29, 1.82) is 0 Å². The molecule has 0 saturated heterocycles. The fraction of sp³-hybridized carbons (Fsp3) is 0.217. The standard InChI is InChI=1S/C23H16ClF5N2O2/c24-7-8-30-21(32)19-6-5-18(16-3-1-2-4-17(16)19)20-12-22(33-31-20,23(27,28)29)13-9-14(25)11-15(26)10-13/h1-6,9-11H,7-8,12H2,(H,30,32). The third-order valence-corrected chi connectivity index (χ3v) is 5.56. The predicted molar refractivity (Wildman–Crippen MR) is 113 cm³/mol. The van der Waals surface area contributed by atoms with E-state index in [0.717, 1.165) is 0 Å². The molecule has 1 amide bonds. The van der Waals surface area contributed by atoms with Gasteiger partial charge in [0.2, 0.25) is 0 Å². The van der Waals surface area contributed by atoms with Gasteiger partial charge in [-0.2, -0.15) is 13.2 Å². The molecule has 0 saturated carbocycles. The Morgan fingerprint density at radius 1 is 1.06 bits per heavy atom. The van der Waals surface area contributed by atoms with Crippen molar-refractivity contribution in [2.24, 2.45) is 5.16 Å². The third kappa shape index (κ3) is 4.13. The third-order valence-electron chi connectivity index (χ3n) is 5.37. The van der Waals surface area contributed by atoms with E-state index in [1.54, 1.807) is 24.3 Å². The van der Waals surface area contributed by atoms with Crippen molar-refractivity contribution < 1.29 is 31.6 Å². The monoisotopic (exact) mass is 482 g/mol. The quantitative estimate of drug-likeness (QED) is 0.376. The van der Waals surface area contributed by atoms with Gasteiger partial charge in [-0.3, -0.25) is 4.79 Å². The SMILES string of the molecule is O=C(NCCCl)c1ccc(C2=NOC(c3cc(F)cc(F)c3)(C(F)(F)F)C2)c2ccccc12. The molecule has 10 heteroatoms. The number of rotatable bonds is 5. The molecule has 33 heavy (non-hydrogen) atoms. The van der Waals surface area contributed by atoms with Crippen molar-refractivity contribution in [2.75, 3.05) is 12.4 Å². The summed E-state index contributed by atoms with van der Waals surface area (Å²) in [6.45, 7) is 0.245. The van der Waals surface area contributed by atoms with Crippen LogP contribution in [0.3, 0.4) is 0 Å². The maximum atomic E-state index is 14.1. The van der Waals surface area contributed by atoms with Gasteiger partial charge in [0.15, 0.2) is 0 Å². The van der Waals surface area contributed by atoms with Crippen LogP contribution in [-0.4, -0.2) is 30.2 Å². The number of nitrogens with zero attached hydrogens (tertiary/aromatic N) is 1. The molecule has 3 aromatic carbocycles. The van der Waals surface area contributed by atoms with Gasteiger partial charge < -0.3 is 10.2 Å².